The van der Waals surface area contributed by atoms with E-state index in [9.17, 15) is 14.7 Å². The zero-order valence-electron chi connectivity index (χ0n) is 13.1. The molecule has 0 aromatic heterocycles. The number of carboxylic acids is 1. The predicted octanol–water partition coefficient (Wildman–Crippen LogP) is 3.84. The van der Waals surface area contributed by atoms with E-state index < -0.39 is 12.0 Å². The number of thiocarbonyl (C=S) groups is 1. The molecule has 0 bridgehead atoms. The molecular weight excluding hydrogens is 330 g/mol. The summed E-state index contributed by atoms with van der Waals surface area (Å²) < 4.78 is 0.317. The number of hydrogen-bond donors (Lipinski definition) is 1. The molecule has 0 spiro atoms. The van der Waals surface area contributed by atoms with Crippen LogP contribution in [0.5, 0.6) is 0 Å². The van der Waals surface area contributed by atoms with Gasteiger partial charge in [0.05, 0.1) is 4.91 Å². The van der Waals surface area contributed by atoms with Gasteiger partial charge in [-0.1, -0.05) is 73.6 Å². The molecule has 6 heteroatoms. The molecular formula is C17H19NO3S2. The minimum absolute atomic E-state index is 0.315. The van der Waals surface area contributed by atoms with E-state index >= 15 is 0 Å². The van der Waals surface area contributed by atoms with Crippen LogP contribution in [0.2, 0.25) is 0 Å². The zero-order valence-corrected chi connectivity index (χ0v) is 14.7. The molecule has 1 fully saturated rings. The van der Waals surface area contributed by atoms with Crippen molar-refractivity contribution in [2.75, 3.05) is 0 Å². The molecule has 0 radical (unpaired) electrons. The van der Waals surface area contributed by atoms with Crippen LogP contribution in [0.3, 0.4) is 0 Å². The van der Waals surface area contributed by atoms with Gasteiger partial charge in [0, 0.05) is 0 Å². The van der Waals surface area contributed by atoms with E-state index in [2.05, 4.69) is 0 Å². The number of amides is 1. The molecule has 1 atom stereocenters. The van der Waals surface area contributed by atoms with Gasteiger partial charge in [0.1, 0.15) is 10.4 Å². The van der Waals surface area contributed by atoms with Gasteiger partial charge < -0.3 is 5.11 Å². The van der Waals surface area contributed by atoms with Gasteiger partial charge >= 0.3 is 5.97 Å². The number of carbonyl (C=O) groups is 2. The molecule has 1 amide bonds. The molecule has 4 nitrogen and oxygen atoms in total. The molecule has 1 aromatic carbocycles. The number of aryl methyl sites for hydroxylation is 1. The van der Waals surface area contributed by atoms with E-state index in [4.69, 9.17) is 12.2 Å². The van der Waals surface area contributed by atoms with E-state index in [1.165, 1.54) is 16.7 Å². The lowest BCUT2D eigenvalue weighted by molar-refractivity contribution is -0.145. The standard InChI is InChI=1S/C17H19NO3S2/c1-3-4-8-13(16(20)21)18-15(19)14(23-17(18)22)10-12-7-5-6-11(2)9-12/h5-7,9-10,13H,3-4,8H2,1-2H3,(H,20,21)/b14-10-. The Kier molecular flexibility index (Phi) is 5.96. The topological polar surface area (TPSA) is 57.6 Å². The largest absolute Gasteiger partial charge is 0.480 e. The number of aliphatic carboxylic acids is 1. The van der Waals surface area contributed by atoms with E-state index in [-0.39, 0.29) is 5.91 Å². The van der Waals surface area contributed by atoms with Gasteiger partial charge in [-0.2, -0.15) is 0 Å². The van der Waals surface area contributed by atoms with Crippen molar-refractivity contribution in [2.45, 2.75) is 39.2 Å². The highest BCUT2D eigenvalue weighted by molar-refractivity contribution is 8.26. The molecule has 1 aliphatic rings. The molecule has 0 saturated carbocycles. The Labute approximate surface area is 145 Å². The maximum absolute atomic E-state index is 12.6. The minimum Gasteiger partial charge on any atom is -0.480 e. The van der Waals surface area contributed by atoms with Gasteiger partial charge in [0.15, 0.2) is 0 Å². The summed E-state index contributed by atoms with van der Waals surface area (Å²) in [5.74, 6) is -1.32. The second-order valence-corrected chi connectivity index (χ2v) is 7.14. The Balaban J connectivity index is 2.26. The molecule has 23 heavy (non-hydrogen) atoms. The average Bonchev–Trinajstić information content (AvgIpc) is 2.75. The lowest BCUT2D eigenvalue weighted by Gasteiger charge is -2.22. The molecule has 122 valence electrons. The van der Waals surface area contributed by atoms with Gasteiger partial charge in [-0.25, -0.2) is 4.79 Å². The van der Waals surface area contributed by atoms with Crippen molar-refractivity contribution in [1.29, 1.82) is 0 Å². The smallest absolute Gasteiger partial charge is 0.326 e. The number of rotatable bonds is 6. The number of unbranched alkanes of at least 4 members (excludes halogenated alkanes) is 1. The average molecular weight is 349 g/mol. The quantitative estimate of drug-likeness (QED) is 0.625. The highest BCUT2D eigenvalue weighted by Gasteiger charge is 2.40. The van der Waals surface area contributed by atoms with Gasteiger partial charge in [-0.3, -0.25) is 9.69 Å². The molecule has 2 rings (SSSR count). The second kappa shape index (κ2) is 7.75. The van der Waals surface area contributed by atoms with Crippen LogP contribution in [0, 0.1) is 6.92 Å². The monoisotopic (exact) mass is 349 g/mol. The Morgan fingerprint density at radius 1 is 1.48 bits per heavy atom. The molecule has 1 N–H and O–H groups in total. The van der Waals surface area contributed by atoms with Crippen molar-refractivity contribution in [2.24, 2.45) is 0 Å². The first-order chi connectivity index (χ1) is 10.9. The number of carboxylic acid groups (broad SMARTS) is 1. The lowest BCUT2D eigenvalue weighted by atomic mass is 10.1. The fourth-order valence-corrected chi connectivity index (χ4v) is 3.78. The number of thioether (sulfide) groups is 1. The predicted molar refractivity (Wildman–Crippen MR) is 97.1 cm³/mol. The maximum atomic E-state index is 12.6. The van der Waals surface area contributed by atoms with E-state index in [1.807, 2.05) is 38.1 Å². The van der Waals surface area contributed by atoms with Gasteiger partial charge in [0.25, 0.3) is 5.91 Å². The Morgan fingerprint density at radius 3 is 2.83 bits per heavy atom. The first-order valence-electron chi connectivity index (χ1n) is 7.50. The summed E-state index contributed by atoms with van der Waals surface area (Å²) in [6, 6.07) is 6.89. The van der Waals surface area contributed by atoms with Crippen molar-refractivity contribution in [3.05, 3.63) is 40.3 Å². The molecule has 0 aliphatic carbocycles. The van der Waals surface area contributed by atoms with Crippen molar-refractivity contribution in [3.63, 3.8) is 0 Å². The molecule has 1 heterocycles. The second-order valence-electron chi connectivity index (χ2n) is 5.46. The highest BCUT2D eigenvalue weighted by Crippen LogP contribution is 2.35. The fraction of sp³-hybridized carbons (Fsp3) is 0.353. The van der Waals surface area contributed by atoms with E-state index in [1.54, 1.807) is 6.08 Å². The van der Waals surface area contributed by atoms with Crippen LogP contribution >= 0.6 is 24.0 Å². The van der Waals surface area contributed by atoms with Crippen molar-refractivity contribution < 1.29 is 14.7 Å². The maximum Gasteiger partial charge on any atom is 0.326 e. The summed E-state index contributed by atoms with van der Waals surface area (Å²) in [5.41, 5.74) is 2.01. The zero-order chi connectivity index (χ0) is 17.0. The third-order valence-electron chi connectivity index (χ3n) is 3.59. The van der Waals surface area contributed by atoms with E-state index in [0.29, 0.717) is 15.6 Å². The molecule has 1 aliphatic heterocycles. The summed E-state index contributed by atoms with van der Waals surface area (Å²) in [6.07, 6.45) is 3.80. The minimum atomic E-state index is -1.01. The normalized spacial score (nSPS) is 17.8. The third kappa shape index (κ3) is 4.20. The number of benzene rings is 1. The third-order valence-corrected chi connectivity index (χ3v) is 4.92. The summed E-state index contributed by atoms with van der Waals surface area (Å²) in [4.78, 5) is 25.8. The van der Waals surface area contributed by atoms with Gasteiger partial charge in [-0.05, 0) is 25.0 Å². The van der Waals surface area contributed by atoms with Crippen LogP contribution in [-0.2, 0) is 9.59 Å². The van der Waals surface area contributed by atoms with Gasteiger partial charge in [0.2, 0.25) is 0 Å². The van der Waals surface area contributed by atoms with Crippen LogP contribution < -0.4 is 0 Å². The number of hydrogen-bond acceptors (Lipinski definition) is 4. The summed E-state index contributed by atoms with van der Waals surface area (Å²) >= 11 is 6.41. The summed E-state index contributed by atoms with van der Waals surface area (Å²) in [5, 5.41) is 9.43. The van der Waals surface area contributed by atoms with Gasteiger partial charge in [-0.15, -0.1) is 0 Å². The Hall–Kier alpha value is -1.66. The van der Waals surface area contributed by atoms with Crippen molar-refractivity contribution in [3.8, 4) is 0 Å². The molecule has 1 unspecified atom stereocenters. The SMILES string of the molecule is CCCCC(C(=O)O)N1C(=O)/C(=C/c2cccc(C)c2)SC1=S. The molecule has 1 saturated heterocycles. The van der Waals surface area contributed by atoms with Crippen molar-refractivity contribution >= 4 is 46.3 Å². The van der Waals surface area contributed by atoms with E-state index in [0.717, 1.165) is 24.0 Å². The molecule has 1 aromatic rings. The Morgan fingerprint density at radius 2 is 2.22 bits per heavy atom. The highest BCUT2D eigenvalue weighted by atomic mass is 32.2. The number of nitrogens with zero attached hydrogens (tertiary/aromatic N) is 1. The Bertz CT molecular complexity index is 670. The van der Waals surface area contributed by atoms with Crippen LogP contribution in [0.15, 0.2) is 29.2 Å². The fourth-order valence-electron chi connectivity index (χ4n) is 2.42. The first kappa shape index (κ1) is 17.7. The first-order valence-corrected chi connectivity index (χ1v) is 8.73. The lowest BCUT2D eigenvalue weighted by Crippen LogP contribution is -2.43. The van der Waals surface area contributed by atoms with Crippen LogP contribution in [0.25, 0.3) is 6.08 Å². The van der Waals surface area contributed by atoms with Crippen LogP contribution in [0.1, 0.15) is 37.3 Å². The number of carbonyl (C=O) groups excluding carboxylic acids is 1. The van der Waals surface area contributed by atoms with Crippen LogP contribution in [-0.4, -0.2) is 32.2 Å². The van der Waals surface area contributed by atoms with Crippen molar-refractivity contribution in [1.82, 2.24) is 4.90 Å². The summed E-state index contributed by atoms with van der Waals surface area (Å²) in [7, 11) is 0. The van der Waals surface area contributed by atoms with Crippen LogP contribution in [0.4, 0.5) is 0 Å². The summed E-state index contributed by atoms with van der Waals surface area (Å²) in [6.45, 7) is 3.97.